The number of hydrogen-bond donors (Lipinski definition) is 3. The van der Waals surface area contributed by atoms with Gasteiger partial charge < -0.3 is 39.4 Å². The highest BCUT2D eigenvalue weighted by molar-refractivity contribution is 5.86. The molecule has 78 heavy (non-hydrogen) atoms. The topological polar surface area (TPSA) is 241 Å². The lowest BCUT2D eigenvalue weighted by Gasteiger charge is -2.56. The Morgan fingerprint density at radius 1 is 0.654 bits per heavy atom. The van der Waals surface area contributed by atoms with Crippen molar-refractivity contribution in [2.45, 2.75) is 136 Å². The van der Waals surface area contributed by atoms with E-state index < -0.39 is 34.6 Å². The molecule has 12 rings (SSSR count). The first-order valence-corrected chi connectivity index (χ1v) is 25.1. The molecule has 6 fully saturated rings. The quantitative estimate of drug-likeness (QED) is 0.116. The number of halogens is 3. The first-order valence-electron chi connectivity index (χ1n) is 25.1. The minimum absolute atomic E-state index is 0. The third-order valence-corrected chi connectivity index (χ3v) is 12.7. The molecule has 2 amide bonds. The van der Waals surface area contributed by atoms with E-state index in [-0.39, 0.29) is 78.7 Å². The summed E-state index contributed by atoms with van der Waals surface area (Å²) in [6.07, 6.45) is 7.12. The van der Waals surface area contributed by atoms with Crippen molar-refractivity contribution in [3.63, 3.8) is 0 Å². The van der Waals surface area contributed by atoms with Crippen molar-refractivity contribution in [1.29, 1.82) is 10.5 Å². The van der Waals surface area contributed by atoms with Crippen LogP contribution in [-0.2, 0) is 9.47 Å². The van der Waals surface area contributed by atoms with Crippen LogP contribution in [0.1, 0.15) is 101 Å². The standard InChI is InChI=1S/C27H31FN6O4.C17H14F2N4O2.C10H18N2O2.CH4/c1-26(2,3)38-25(35)33-18-8-19(33)14-32(13-18)22-7-6-16(11-30-22)20-9-21(37-15-27(4,5)36)24(28)34-23(20)17(10-29)12-31-34;1-17(2,24)9-25-13-5-12(10-3-4-14(18)21-7-10)15-11(6-20)8-22-23(15)16(13)19;1-10(2,3)14-9(13)12-7-4-8(12)6-11-5-7;/h6-7,9,11-12,18-19,36H,8,13-15H2,1-5H3;3-5,7-8,24H,9H2,1-2H3;7-8,11H,4-6H2,1-3H3;1H4. The Bertz CT molecular complexity index is 3210. The Labute approximate surface area is 450 Å². The van der Waals surface area contributed by atoms with Gasteiger partial charge in [-0.15, -0.1) is 0 Å². The number of amides is 2. The minimum Gasteiger partial charge on any atom is -0.486 e. The second-order valence-electron chi connectivity index (χ2n) is 22.7. The lowest BCUT2D eigenvalue weighted by atomic mass is 9.88. The lowest BCUT2D eigenvalue weighted by molar-refractivity contribution is -0.0440. The summed E-state index contributed by atoms with van der Waals surface area (Å²) in [7, 11) is 0. The number of pyridine rings is 4. The molecule has 6 aromatic rings. The highest BCUT2D eigenvalue weighted by atomic mass is 19.1. The van der Waals surface area contributed by atoms with Gasteiger partial charge in [-0.1, -0.05) is 7.43 Å². The van der Waals surface area contributed by atoms with Crippen LogP contribution in [0.15, 0.2) is 61.2 Å². The van der Waals surface area contributed by atoms with Crippen molar-refractivity contribution < 1.29 is 51.9 Å². The average molecular weight is 1080 g/mol. The fourth-order valence-corrected chi connectivity index (χ4v) is 9.33. The molecule has 4 unspecified atom stereocenters. The Morgan fingerprint density at radius 2 is 1.08 bits per heavy atom. The molecule has 23 heteroatoms. The lowest BCUT2D eigenvalue weighted by Crippen LogP contribution is -2.70. The van der Waals surface area contributed by atoms with Crippen LogP contribution < -0.4 is 19.7 Å². The van der Waals surface area contributed by atoms with Crippen molar-refractivity contribution in [2.24, 2.45) is 0 Å². The maximum atomic E-state index is 15.1. The molecule has 4 atom stereocenters. The fraction of sp³-hybridized carbons (Fsp3) is 0.491. The number of carbonyl (C=O) groups is 2. The Morgan fingerprint density at radius 3 is 1.45 bits per heavy atom. The van der Waals surface area contributed by atoms with Gasteiger partial charge >= 0.3 is 12.2 Å². The molecule has 0 saturated carbocycles. The van der Waals surface area contributed by atoms with Crippen molar-refractivity contribution in [3.05, 3.63) is 90.2 Å². The monoisotopic (exact) mass is 1080 g/mol. The molecule has 4 bridgehead atoms. The zero-order valence-corrected chi connectivity index (χ0v) is 44.6. The van der Waals surface area contributed by atoms with Crippen LogP contribution in [0.5, 0.6) is 11.5 Å². The van der Waals surface area contributed by atoms with E-state index >= 15 is 4.39 Å². The number of aromatic nitrogens is 6. The number of hydrogen-bond acceptors (Lipinski definition) is 16. The molecular formula is C55H67F3N12O8. The van der Waals surface area contributed by atoms with E-state index in [0.717, 1.165) is 46.8 Å². The molecule has 0 spiro atoms. The largest absolute Gasteiger partial charge is 0.486 e. The van der Waals surface area contributed by atoms with E-state index in [2.05, 4.69) is 36.5 Å². The van der Waals surface area contributed by atoms with E-state index in [1.54, 1.807) is 20.0 Å². The predicted octanol–water partition coefficient (Wildman–Crippen LogP) is 8.05. The number of aliphatic hydroxyl groups is 2. The number of rotatable bonds is 9. The van der Waals surface area contributed by atoms with Gasteiger partial charge in [0.25, 0.3) is 11.9 Å². The van der Waals surface area contributed by atoms with Gasteiger partial charge in [-0.2, -0.15) is 33.9 Å². The Hall–Kier alpha value is -7.73. The van der Waals surface area contributed by atoms with E-state index in [0.29, 0.717) is 52.9 Å². The van der Waals surface area contributed by atoms with E-state index in [1.165, 1.54) is 50.6 Å². The van der Waals surface area contributed by atoms with Crippen LogP contribution in [-0.4, -0.2) is 147 Å². The molecule has 6 aliphatic rings. The summed E-state index contributed by atoms with van der Waals surface area (Å²) in [5, 5.41) is 49.8. The second-order valence-corrected chi connectivity index (χ2v) is 22.7. The fourth-order valence-electron chi connectivity index (χ4n) is 9.33. The SMILES string of the molecule is C.CC(C)(C)OC(=O)N1C2CNCC1C2.CC(C)(O)COc1cc(-c2ccc(F)nc2)c2c(C#N)cnn2c1F.CC(C)(O)COc1cc(-c2ccc(N3CC4CC(C3)N4C(=O)OC(C)(C)C)nc2)c2c(C#N)cnn2c1F. The van der Waals surface area contributed by atoms with Crippen LogP contribution in [0, 0.1) is 40.5 Å². The number of nitrogens with zero attached hydrogens (tertiary/aromatic N) is 11. The summed E-state index contributed by atoms with van der Waals surface area (Å²) in [6, 6.07) is 14.1. The molecule has 0 radical (unpaired) electrons. The van der Waals surface area contributed by atoms with Crippen LogP contribution in [0.4, 0.5) is 28.6 Å². The van der Waals surface area contributed by atoms with Gasteiger partial charge in [0.1, 0.15) is 42.4 Å². The molecular weight excluding hydrogens is 1010 g/mol. The number of carbonyl (C=O) groups excluding carboxylic acids is 2. The van der Waals surface area contributed by atoms with Gasteiger partial charge in [-0.25, -0.2) is 28.6 Å². The number of nitriles is 2. The summed E-state index contributed by atoms with van der Waals surface area (Å²) in [4.78, 5) is 38.4. The molecule has 3 N–H and O–H groups in total. The number of ether oxygens (including phenoxy) is 4. The van der Waals surface area contributed by atoms with Crippen molar-refractivity contribution in [1.82, 2.24) is 44.3 Å². The summed E-state index contributed by atoms with van der Waals surface area (Å²) in [5.41, 5.74) is -0.274. The van der Waals surface area contributed by atoms with Crippen LogP contribution >= 0.6 is 0 Å². The van der Waals surface area contributed by atoms with E-state index in [9.17, 15) is 39.1 Å². The molecule has 12 heterocycles. The highest BCUT2D eigenvalue weighted by Gasteiger charge is 2.49. The number of fused-ring (bicyclic) bond motifs is 6. The number of anilines is 1. The van der Waals surface area contributed by atoms with Gasteiger partial charge in [-0.3, -0.25) is 9.80 Å². The van der Waals surface area contributed by atoms with Crippen molar-refractivity contribution >= 4 is 29.0 Å². The first kappa shape index (κ1) is 58.0. The van der Waals surface area contributed by atoms with Gasteiger partial charge in [0, 0.05) is 72.9 Å². The molecule has 0 aromatic carbocycles. The predicted molar refractivity (Wildman–Crippen MR) is 282 cm³/mol. The summed E-state index contributed by atoms with van der Waals surface area (Å²) < 4.78 is 66.7. The molecule has 0 aliphatic carbocycles. The second kappa shape index (κ2) is 22.3. The number of piperidine rings is 2. The maximum Gasteiger partial charge on any atom is 0.410 e. The van der Waals surface area contributed by atoms with Crippen LogP contribution in [0.2, 0.25) is 0 Å². The molecule has 6 aromatic heterocycles. The van der Waals surface area contributed by atoms with Crippen molar-refractivity contribution in [2.75, 3.05) is 44.3 Å². The smallest absolute Gasteiger partial charge is 0.410 e. The van der Waals surface area contributed by atoms with Crippen LogP contribution in [0.3, 0.4) is 0 Å². The molecule has 6 aliphatic heterocycles. The third-order valence-electron chi connectivity index (χ3n) is 12.7. The van der Waals surface area contributed by atoms with E-state index in [1.807, 2.05) is 69.5 Å². The molecule has 416 valence electrons. The average Bonchev–Trinajstić information content (AvgIpc) is 4.14. The minimum atomic E-state index is -1.17. The summed E-state index contributed by atoms with van der Waals surface area (Å²) in [6.45, 7) is 20.3. The normalized spacial score (nSPS) is 18.6. The number of nitrogens with one attached hydrogen (secondary N) is 1. The first-order chi connectivity index (χ1) is 36.1. The van der Waals surface area contributed by atoms with Gasteiger partial charge in [-0.05, 0) is 118 Å². The zero-order valence-electron chi connectivity index (χ0n) is 44.6. The highest BCUT2D eigenvalue weighted by Crippen LogP contribution is 2.38. The van der Waals surface area contributed by atoms with Crippen LogP contribution in [0.25, 0.3) is 33.3 Å². The summed E-state index contributed by atoms with van der Waals surface area (Å²) >= 11 is 0. The van der Waals surface area contributed by atoms with Gasteiger partial charge in [0.15, 0.2) is 11.5 Å². The van der Waals surface area contributed by atoms with Gasteiger partial charge in [0.05, 0.1) is 57.8 Å². The maximum absolute atomic E-state index is 15.1. The Balaban J connectivity index is 0.000000188. The van der Waals surface area contributed by atoms with E-state index in [4.69, 9.17) is 18.9 Å². The Kier molecular flexibility index (Phi) is 16.6. The zero-order chi connectivity index (χ0) is 55.9. The molecule has 6 saturated heterocycles. The van der Waals surface area contributed by atoms with Crippen molar-refractivity contribution in [3.8, 4) is 45.9 Å². The number of piperazine rings is 2. The summed E-state index contributed by atoms with van der Waals surface area (Å²) in [5.74, 6) is -1.71. The third kappa shape index (κ3) is 13.0. The van der Waals surface area contributed by atoms with Gasteiger partial charge in [0.2, 0.25) is 5.95 Å². The molecule has 20 nitrogen and oxygen atoms in total.